The standard InChI is InChI=1S/C29H35N3O10/c1-17(33)40-15-23(26(36)32-24(27(37)39-6)16-41-18(2)34)31-25(35)21-9-7-8-20(14-21)19-10-12-22(13-11-19)30-28(38)42-29(3,4)5/h7-14,23-24H,15-16H2,1-6H3,(H,30,38)(H,31,35)(H,32,36). The van der Waals surface area contributed by atoms with Crippen molar-refractivity contribution in [3.8, 4) is 11.1 Å². The van der Waals surface area contributed by atoms with Gasteiger partial charge in [-0.3, -0.25) is 24.5 Å². The third kappa shape index (κ3) is 11.3. The maximum absolute atomic E-state index is 13.1. The summed E-state index contributed by atoms with van der Waals surface area (Å²) in [5.41, 5.74) is 1.46. The zero-order valence-corrected chi connectivity index (χ0v) is 24.3. The van der Waals surface area contributed by atoms with Crippen LogP contribution in [0.3, 0.4) is 0 Å². The van der Waals surface area contributed by atoms with Crippen LogP contribution in [0.1, 0.15) is 45.0 Å². The summed E-state index contributed by atoms with van der Waals surface area (Å²) in [6, 6.07) is 10.6. The number of rotatable bonds is 11. The second-order valence-electron chi connectivity index (χ2n) is 10.0. The van der Waals surface area contributed by atoms with Gasteiger partial charge in [-0.25, -0.2) is 9.59 Å². The molecule has 226 valence electrons. The minimum Gasteiger partial charge on any atom is -0.467 e. The summed E-state index contributed by atoms with van der Waals surface area (Å²) in [6.07, 6.45) is -0.592. The molecule has 3 N–H and O–H groups in total. The highest BCUT2D eigenvalue weighted by atomic mass is 16.6. The van der Waals surface area contributed by atoms with E-state index in [1.165, 1.54) is 6.07 Å². The van der Waals surface area contributed by atoms with Crippen LogP contribution in [0.15, 0.2) is 48.5 Å². The average Bonchev–Trinajstić information content (AvgIpc) is 2.91. The lowest BCUT2D eigenvalue weighted by Crippen LogP contribution is -2.55. The highest BCUT2D eigenvalue weighted by Crippen LogP contribution is 2.23. The first-order chi connectivity index (χ1) is 19.7. The zero-order valence-electron chi connectivity index (χ0n) is 24.3. The molecule has 3 amide bonds. The summed E-state index contributed by atoms with van der Waals surface area (Å²) in [5, 5.41) is 7.47. The molecule has 0 aliphatic carbocycles. The van der Waals surface area contributed by atoms with E-state index in [1.54, 1.807) is 63.2 Å². The fraction of sp³-hybridized carbons (Fsp3) is 0.379. The van der Waals surface area contributed by atoms with E-state index in [2.05, 4.69) is 20.7 Å². The van der Waals surface area contributed by atoms with Crippen molar-refractivity contribution in [1.82, 2.24) is 10.6 Å². The maximum atomic E-state index is 13.1. The zero-order chi connectivity index (χ0) is 31.4. The molecule has 0 saturated heterocycles. The fourth-order valence-corrected chi connectivity index (χ4v) is 3.42. The molecule has 2 atom stereocenters. The lowest BCUT2D eigenvalue weighted by molar-refractivity contribution is -0.152. The molecule has 0 bridgehead atoms. The Kier molecular flexibility index (Phi) is 12.0. The smallest absolute Gasteiger partial charge is 0.412 e. The van der Waals surface area contributed by atoms with Crippen molar-refractivity contribution < 1.29 is 47.7 Å². The van der Waals surface area contributed by atoms with Gasteiger partial charge >= 0.3 is 24.0 Å². The topological polar surface area (TPSA) is 175 Å². The van der Waals surface area contributed by atoms with E-state index in [4.69, 9.17) is 14.2 Å². The van der Waals surface area contributed by atoms with Gasteiger partial charge in [0, 0.05) is 25.1 Å². The number of benzene rings is 2. The Morgan fingerprint density at radius 2 is 1.38 bits per heavy atom. The molecule has 0 radical (unpaired) electrons. The van der Waals surface area contributed by atoms with Crippen LogP contribution in [0.4, 0.5) is 10.5 Å². The van der Waals surface area contributed by atoms with Crippen LogP contribution in [-0.2, 0) is 38.1 Å². The van der Waals surface area contributed by atoms with Crippen LogP contribution in [0.25, 0.3) is 11.1 Å². The molecule has 0 fully saturated rings. The largest absolute Gasteiger partial charge is 0.467 e. The number of hydrogen-bond acceptors (Lipinski definition) is 10. The van der Waals surface area contributed by atoms with E-state index in [0.29, 0.717) is 11.3 Å². The monoisotopic (exact) mass is 585 g/mol. The van der Waals surface area contributed by atoms with Gasteiger partial charge in [-0.1, -0.05) is 24.3 Å². The van der Waals surface area contributed by atoms with Gasteiger partial charge in [-0.2, -0.15) is 0 Å². The first kappa shape index (κ1) is 33.3. The van der Waals surface area contributed by atoms with Crippen molar-refractivity contribution in [2.24, 2.45) is 0 Å². The molecule has 0 saturated carbocycles. The van der Waals surface area contributed by atoms with Crippen molar-refractivity contribution >= 4 is 41.5 Å². The number of carbonyl (C=O) groups excluding carboxylic acids is 6. The second kappa shape index (κ2) is 15.2. The van der Waals surface area contributed by atoms with Crippen molar-refractivity contribution in [2.75, 3.05) is 25.6 Å². The van der Waals surface area contributed by atoms with Crippen LogP contribution in [0.2, 0.25) is 0 Å². The molecule has 2 rings (SSSR count). The first-order valence-corrected chi connectivity index (χ1v) is 12.8. The highest BCUT2D eigenvalue weighted by molar-refractivity contribution is 5.99. The third-order valence-corrected chi connectivity index (χ3v) is 5.32. The van der Waals surface area contributed by atoms with Crippen LogP contribution in [0, 0.1) is 0 Å². The summed E-state index contributed by atoms with van der Waals surface area (Å²) in [5.74, 6) is -3.81. The number of methoxy groups -OCH3 is 1. The Morgan fingerprint density at radius 3 is 1.93 bits per heavy atom. The molecule has 0 aliphatic rings. The molecule has 0 aliphatic heterocycles. The van der Waals surface area contributed by atoms with Gasteiger partial charge in [0.25, 0.3) is 5.91 Å². The predicted octanol–water partition coefficient (Wildman–Crippen LogP) is 2.58. The van der Waals surface area contributed by atoms with Gasteiger partial charge in [-0.15, -0.1) is 0 Å². The Hall–Kier alpha value is -4.94. The summed E-state index contributed by atoms with van der Waals surface area (Å²) in [7, 11) is 1.09. The molecule has 0 spiro atoms. The van der Waals surface area contributed by atoms with Crippen molar-refractivity contribution in [3.63, 3.8) is 0 Å². The van der Waals surface area contributed by atoms with Gasteiger partial charge < -0.3 is 29.6 Å². The summed E-state index contributed by atoms with van der Waals surface area (Å²) < 4.78 is 19.6. The number of hydrogen-bond donors (Lipinski definition) is 3. The molecular weight excluding hydrogens is 550 g/mol. The summed E-state index contributed by atoms with van der Waals surface area (Å²) in [6.45, 7) is 6.50. The molecule has 2 unspecified atom stereocenters. The predicted molar refractivity (Wildman–Crippen MR) is 150 cm³/mol. The molecule has 0 aromatic heterocycles. The van der Waals surface area contributed by atoms with E-state index < -0.39 is 66.7 Å². The van der Waals surface area contributed by atoms with Gasteiger partial charge in [0.1, 0.15) is 24.9 Å². The van der Waals surface area contributed by atoms with E-state index >= 15 is 0 Å². The molecule has 13 nitrogen and oxygen atoms in total. The molecule has 0 heterocycles. The van der Waals surface area contributed by atoms with Gasteiger partial charge in [0.2, 0.25) is 5.91 Å². The number of carbonyl (C=O) groups is 6. The van der Waals surface area contributed by atoms with Crippen molar-refractivity contribution in [1.29, 1.82) is 0 Å². The van der Waals surface area contributed by atoms with Gasteiger partial charge in [0.05, 0.1) is 7.11 Å². The van der Waals surface area contributed by atoms with Crippen LogP contribution in [-0.4, -0.2) is 73.8 Å². The summed E-state index contributed by atoms with van der Waals surface area (Å²) in [4.78, 5) is 72.7. The SMILES string of the molecule is COC(=O)C(COC(C)=O)NC(=O)C(COC(C)=O)NC(=O)c1cccc(-c2ccc(NC(=O)OC(C)(C)C)cc2)c1. The van der Waals surface area contributed by atoms with E-state index in [0.717, 1.165) is 26.5 Å². The molecule has 42 heavy (non-hydrogen) atoms. The average molecular weight is 586 g/mol. The van der Waals surface area contributed by atoms with Crippen molar-refractivity contribution in [3.05, 3.63) is 54.1 Å². The number of anilines is 1. The van der Waals surface area contributed by atoms with Crippen molar-refractivity contribution in [2.45, 2.75) is 52.3 Å². The second-order valence-corrected chi connectivity index (χ2v) is 10.0. The minimum atomic E-state index is -1.40. The number of nitrogens with one attached hydrogen (secondary N) is 3. The van der Waals surface area contributed by atoms with Gasteiger partial charge in [0.15, 0.2) is 6.04 Å². The van der Waals surface area contributed by atoms with Crippen LogP contribution >= 0.6 is 0 Å². The quantitative estimate of drug-likeness (QED) is 0.262. The fourth-order valence-electron chi connectivity index (χ4n) is 3.42. The van der Waals surface area contributed by atoms with E-state index in [9.17, 15) is 28.8 Å². The normalized spacial score (nSPS) is 12.1. The Balaban J connectivity index is 2.18. The third-order valence-electron chi connectivity index (χ3n) is 5.32. The molecule has 2 aromatic rings. The summed E-state index contributed by atoms with van der Waals surface area (Å²) >= 11 is 0. The first-order valence-electron chi connectivity index (χ1n) is 12.8. The van der Waals surface area contributed by atoms with Crippen LogP contribution < -0.4 is 16.0 Å². The number of amides is 3. The minimum absolute atomic E-state index is 0.188. The maximum Gasteiger partial charge on any atom is 0.412 e. The van der Waals surface area contributed by atoms with Gasteiger partial charge in [-0.05, 0) is 56.2 Å². The lowest BCUT2D eigenvalue weighted by atomic mass is 10.0. The molecule has 2 aromatic carbocycles. The lowest BCUT2D eigenvalue weighted by Gasteiger charge is -2.22. The number of esters is 3. The Labute approximate surface area is 243 Å². The van der Waals surface area contributed by atoms with Crippen LogP contribution in [0.5, 0.6) is 0 Å². The molecular formula is C29H35N3O10. The Bertz CT molecular complexity index is 1300. The Morgan fingerprint density at radius 1 is 0.786 bits per heavy atom. The van der Waals surface area contributed by atoms with E-state index in [1.807, 2.05) is 0 Å². The molecule has 13 heteroatoms. The highest BCUT2D eigenvalue weighted by Gasteiger charge is 2.29. The van der Waals surface area contributed by atoms with E-state index in [-0.39, 0.29) is 5.56 Å². The number of ether oxygens (including phenoxy) is 4.